The summed E-state index contributed by atoms with van der Waals surface area (Å²) in [6.07, 6.45) is 0. The van der Waals surface area contributed by atoms with Gasteiger partial charge in [0, 0.05) is 22.1 Å². The van der Waals surface area contributed by atoms with Crippen molar-refractivity contribution in [1.29, 1.82) is 0 Å². The van der Waals surface area contributed by atoms with Crippen molar-refractivity contribution in [2.45, 2.75) is 28.9 Å². The maximum atomic E-state index is 2.50. The lowest BCUT2D eigenvalue weighted by Crippen LogP contribution is -2.25. The fourth-order valence-corrected chi connectivity index (χ4v) is 5.54. The molecule has 22 heavy (non-hydrogen) atoms. The zero-order valence-electron chi connectivity index (χ0n) is 13.3. The molecule has 0 amide bonds. The van der Waals surface area contributed by atoms with E-state index in [0.29, 0.717) is 5.25 Å². The van der Waals surface area contributed by atoms with Crippen molar-refractivity contribution in [2.24, 2.45) is 0 Å². The second kappa shape index (κ2) is 7.58. The largest absolute Gasteiger partial charge is 0.303 e. The van der Waals surface area contributed by atoms with E-state index in [0.717, 1.165) is 13.1 Å². The number of nitrogens with zero attached hydrogens (tertiary/aromatic N) is 1. The molecule has 1 aliphatic rings. The molecule has 116 valence electrons. The monoisotopic (exact) mass is 329 g/mol. The van der Waals surface area contributed by atoms with Gasteiger partial charge in [-0.05, 0) is 36.3 Å². The summed E-state index contributed by atoms with van der Waals surface area (Å²) >= 11 is 4.00. The van der Waals surface area contributed by atoms with Gasteiger partial charge in [-0.3, -0.25) is 0 Å². The van der Waals surface area contributed by atoms with Crippen LogP contribution in [0.4, 0.5) is 0 Å². The quantitative estimate of drug-likeness (QED) is 0.706. The SMILES string of the molecule is CCN(CC)CCSC1c2ccccc2Sc2ccccc21. The lowest BCUT2D eigenvalue weighted by atomic mass is 10.0. The van der Waals surface area contributed by atoms with Crippen LogP contribution >= 0.6 is 23.5 Å². The van der Waals surface area contributed by atoms with Crippen molar-refractivity contribution >= 4 is 23.5 Å². The van der Waals surface area contributed by atoms with E-state index in [-0.39, 0.29) is 0 Å². The fraction of sp³-hybridized carbons (Fsp3) is 0.368. The van der Waals surface area contributed by atoms with Crippen molar-refractivity contribution < 1.29 is 0 Å². The standard InChI is InChI=1S/C19H23NS2/c1-3-20(4-2)13-14-21-19-15-9-5-7-11-17(15)22-18-12-8-6-10-16(18)19/h5-12,19H,3-4,13-14H2,1-2H3. The third-order valence-corrected chi connectivity index (χ3v) is 6.65. The summed E-state index contributed by atoms with van der Waals surface area (Å²) in [6, 6.07) is 17.8. The highest BCUT2D eigenvalue weighted by Gasteiger charge is 2.25. The first-order chi connectivity index (χ1) is 10.8. The van der Waals surface area contributed by atoms with Crippen LogP contribution in [0.3, 0.4) is 0 Å². The van der Waals surface area contributed by atoms with Gasteiger partial charge in [-0.15, -0.1) is 11.8 Å². The molecular formula is C19H23NS2. The van der Waals surface area contributed by atoms with Crippen LogP contribution in [-0.4, -0.2) is 30.3 Å². The van der Waals surface area contributed by atoms with E-state index in [4.69, 9.17) is 0 Å². The molecule has 0 bridgehead atoms. The molecule has 0 unspecified atom stereocenters. The number of hydrogen-bond acceptors (Lipinski definition) is 3. The first-order valence-electron chi connectivity index (χ1n) is 8.03. The molecule has 3 heteroatoms. The Morgan fingerprint density at radius 3 is 2.00 bits per heavy atom. The van der Waals surface area contributed by atoms with Crippen LogP contribution in [0, 0.1) is 0 Å². The van der Waals surface area contributed by atoms with E-state index in [1.165, 1.54) is 33.2 Å². The molecule has 0 aromatic heterocycles. The molecule has 0 N–H and O–H groups in total. The average molecular weight is 330 g/mol. The Morgan fingerprint density at radius 1 is 0.909 bits per heavy atom. The van der Waals surface area contributed by atoms with Crippen molar-refractivity contribution in [3.8, 4) is 0 Å². The Kier molecular flexibility index (Phi) is 5.51. The van der Waals surface area contributed by atoms with Crippen LogP contribution in [0.2, 0.25) is 0 Å². The Hall–Kier alpha value is -0.900. The van der Waals surface area contributed by atoms with Crippen LogP contribution < -0.4 is 0 Å². The predicted octanol–water partition coefficient (Wildman–Crippen LogP) is 5.32. The van der Waals surface area contributed by atoms with Crippen molar-refractivity contribution in [3.63, 3.8) is 0 Å². The van der Waals surface area contributed by atoms with E-state index in [1.807, 2.05) is 11.8 Å². The maximum Gasteiger partial charge on any atom is 0.0569 e. The lowest BCUT2D eigenvalue weighted by molar-refractivity contribution is 0.324. The van der Waals surface area contributed by atoms with E-state index < -0.39 is 0 Å². The summed E-state index contributed by atoms with van der Waals surface area (Å²) in [5, 5.41) is 0.476. The van der Waals surface area contributed by atoms with Crippen LogP contribution in [0.25, 0.3) is 0 Å². The van der Waals surface area contributed by atoms with Gasteiger partial charge < -0.3 is 4.90 Å². The molecule has 1 nitrogen and oxygen atoms in total. The molecule has 0 radical (unpaired) electrons. The Morgan fingerprint density at radius 2 is 1.45 bits per heavy atom. The molecule has 1 heterocycles. The highest BCUT2D eigenvalue weighted by atomic mass is 32.2. The van der Waals surface area contributed by atoms with Crippen molar-refractivity contribution in [3.05, 3.63) is 59.7 Å². The number of fused-ring (bicyclic) bond motifs is 2. The predicted molar refractivity (Wildman–Crippen MR) is 99.1 cm³/mol. The molecule has 0 spiro atoms. The Balaban J connectivity index is 1.80. The Labute approximate surface area is 142 Å². The third kappa shape index (κ3) is 3.37. The summed E-state index contributed by atoms with van der Waals surface area (Å²) in [5.74, 6) is 1.18. The normalized spacial score (nSPS) is 14.0. The summed E-state index contributed by atoms with van der Waals surface area (Å²) in [5.41, 5.74) is 2.96. The van der Waals surface area contributed by atoms with Gasteiger partial charge in [-0.1, -0.05) is 62.0 Å². The van der Waals surface area contributed by atoms with Gasteiger partial charge >= 0.3 is 0 Å². The maximum absolute atomic E-state index is 2.50. The highest BCUT2D eigenvalue weighted by molar-refractivity contribution is 8.01. The second-order valence-corrected chi connectivity index (χ2v) is 7.75. The minimum absolute atomic E-state index is 0.476. The molecule has 0 saturated carbocycles. The summed E-state index contributed by atoms with van der Waals surface area (Å²) < 4.78 is 0. The average Bonchev–Trinajstić information content (AvgIpc) is 2.58. The zero-order valence-corrected chi connectivity index (χ0v) is 14.9. The summed E-state index contributed by atoms with van der Waals surface area (Å²) in [6.45, 7) is 7.95. The molecule has 1 aliphatic heterocycles. The molecule has 0 atom stereocenters. The van der Waals surface area contributed by atoms with Gasteiger partial charge in [0.25, 0.3) is 0 Å². The first-order valence-corrected chi connectivity index (χ1v) is 9.89. The van der Waals surface area contributed by atoms with Crippen LogP contribution in [0.1, 0.15) is 30.2 Å². The van der Waals surface area contributed by atoms with Gasteiger partial charge in [-0.25, -0.2) is 0 Å². The van der Waals surface area contributed by atoms with Crippen molar-refractivity contribution in [2.75, 3.05) is 25.4 Å². The summed E-state index contributed by atoms with van der Waals surface area (Å²) in [4.78, 5) is 5.34. The van der Waals surface area contributed by atoms with Gasteiger partial charge in [-0.2, -0.15) is 0 Å². The summed E-state index contributed by atoms with van der Waals surface area (Å²) in [7, 11) is 0. The number of hydrogen-bond donors (Lipinski definition) is 0. The van der Waals surface area contributed by atoms with Gasteiger partial charge in [0.15, 0.2) is 0 Å². The number of rotatable bonds is 6. The van der Waals surface area contributed by atoms with E-state index >= 15 is 0 Å². The van der Waals surface area contributed by atoms with Crippen LogP contribution in [0.5, 0.6) is 0 Å². The molecule has 0 aliphatic carbocycles. The zero-order chi connectivity index (χ0) is 15.4. The topological polar surface area (TPSA) is 3.24 Å². The van der Waals surface area contributed by atoms with Gasteiger partial charge in [0.05, 0.1) is 5.25 Å². The van der Waals surface area contributed by atoms with Crippen LogP contribution in [-0.2, 0) is 0 Å². The smallest absolute Gasteiger partial charge is 0.0569 e. The fourth-order valence-electron chi connectivity index (χ4n) is 2.89. The van der Waals surface area contributed by atoms with Crippen molar-refractivity contribution in [1.82, 2.24) is 4.90 Å². The second-order valence-electron chi connectivity index (χ2n) is 5.46. The minimum Gasteiger partial charge on any atom is -0.303 e. The number of benzene rings is 2. The van der Waals surface area contributed by atoms with Crippen LogP contribution in [0.15, 0.2) is 58.3 Å². The molecule has 2 aromatic rings. The third-order valence-electron chi connectivity index (χ3n) is 4.21. The first kappa shape index (κ1) is 16.0. The molecule has 3 rings (SSSR count). The van der Waals surface area contributed by atoms with Gasteiger partial charge in [0.2, 0.25) is 0 Å². The minimum atomic E-state index is 0.476. The lowest BCUT2D eigenvalue weighted by Gasteiger charge is -2.28. The molecule has 2 aromatic carbocycles. The van der Waals surface area contributed by atoms with E-state index in [2.05, 4.69) is 79.0 Å². The molecular weight excluding hydrogens is 306 g/mol. The van der Waals surface area contributed by atoms with E-state index in [9.17, 15) is 0 Å². The molecule has 0 fully saturated rings. The van der Waals surface area contributed by atoms with Gasteiger partial charge in [0.1, 0.15) is 0 Å². The Bertz CT molecular complexity index is 577. The van der Waals surface area contributed by atoms with E-state index in [1.54, 1.807) is 0 Å². The molecule has 0 saturated heterocycles. The highest BCUT2D eigenvalue weighted by Crippen LogP contribution is 2.50. The number of thioether (sulfide) groups is 1.